The van der Waals surface area contributed by atoms with Crippen LogP contribution in [0.1, 0.15) is 329 Å². The molecular weight excluding hydrogens is 949 g/mol. The molecule has 0 bridgehead atoms. The molecule has 6 heteroatoms. The molecule has 0 radical (unpaired) electrons. The third kappa shape index (κ3) is 63.3. The summed E-state index contributed by atoms with van der Waals surface area (Å²) in [5.41, 5.74) is 0. The second-order valence-corrected chi connectivity index (χ2v) is 22.0. The van der Waals surface area contributed by atoms with Crippen molar-refractivity contribution in [3.05, 3.63) is 85.1 Å². The lowest BCUT2D eigenvalue weighted by Gasteiger charge is -2.18. The van der Waals surface area contributed by atoms with E-state index in [-0.39, 0.29) is 31.6 Å². The van der Waals surface area contributed by atoms with E-state index < -0.39 is 12.1 Å². The maximum atomic E-state index is 12.8. The first-order valence-electron chi connectivity index (χ1n) is 33.1. The van der Waals surface area contributed by atoms with Crippen molar-refractivity contribution < 1.29 is 28.6 Å². The maximum absolute atomic E-state index is 12.8. The summed E-state index contributed by atoms with van der Waals surface area (Å²) in [4.78, 5) is 38.1. The van der Waals surface area contributed by atoms with Gasteiger partial charge in [0.05, 0.1) is 0 Å². The predicted octanol–water partition coefficient (Wildman–Crippen LogP) is 22.7. The van der Waals surface area contributed by atoms with Crippen LogP contribution >= 0.6 is 0 Å². The molecule has 0 saturated heterocycles. The van der Waals surface area contributed by atoms with Crippen molar-refractivity contribution in [2.24, 2.45) is 0 Å². The van der Waals surface area contributed by atoms with Gasteiger partial charge in [0.15, 0.2) is 6.10 Å². The van der Waals surface area contributed by atoms with Gasteiger partial charge < -0.3 is 14.2 Å². The van der Waals surface area contributed by atoms with Crippen molar-refractivity contribution in [3.8, 4) is 0 Å². The van der Waals surface area contributed by atoms with Gasteiger partial charge in [-0.1, -0.05) is 298 Å². The average Bonchev–Trinajstić information content (AvgIpc) is 3.43. The molecule has 0 amide bonds. The molecule has 0 aliphatic rings. The summed E-state index contributed by atoms with van der Waals surface area (Å²) in [5.74, 6) is -0.995. The van der Waals surface area contributed by atoms with Crippen molar-refractivity contribution in [1.82, 2.24) is 0 Å². The van der Waals surface area contributed by atoms with E-state index in [1.165, 1.54) is 186 Å². The molecule has 0 rings (SSSR count). The standard InChI is InChI=1S/C71H124O6/c1-4-7-10-13-16-19-22-25-26-27-28-29-30-31-32-33-34-35-36-37-38-39-40-41-42-43-44-47-49-52-55-58-61-64-70(73)76-67-68(77-71(74)65-62-59-56-53-50-46-24-21-18-15-12-9-6-3)66-75-69(72)63-60-57-54-51-48-45-23-20-17-14-11-8-5-2/h9,11-12,14,18,20-21,23,27-28,46,50,56,59,68H,4-8,10,13,15-17,19,22,24-26,29-45,47-49,51-55,57-58,60-67H2,1-3H3/b12-9-,14-11-,21-18-,23-20-,28-27-,50-46-,59-56-. The van der Waals surface area contributed by atoms with Crippen molar-refractivity contribution in [2.45, 2.75) is 335 Å². The zero-order valence-electron chi connectivity index (χ0n) is 51.0. The van der Waals surface area contributed by atoms with Crippen molar-refractivity contribution in [3.63, 3.8) is 0 Å². The molecule has 0 fully saturated rings. The van der Waals surface area contributed by atoms with E-state index in [9.17, 15) is 14.4 Å². The Hall–Kier alpha value is -3.41. The summed E-state index contributed by atoms with van der Waals surface area (Å²) in [5, 5.41) is 0. The number of allylic oxidation sites excluding steroid dienone is 14. The van der Waals surface area contributed by atoms with Crippen LogP contribution in [0.2, 0.25) is 0 Å². The third-order valence-electron chi connectivity index (χ3n) is 14.3. The van der Waals surface area contributed by atoms with E-state index in [2.05, 4.69) is 99.8 Å². The van der Waals surface area contributed by atoms with Crippen LogP contribution in [0.25, 0.3) is 0 Å². The Kier molecular flexibility index (Phi) is 62.2. The van der Waals surface area contributed by atoms with Gasteiger partial charge in [-0.05, 0) is 96.3 Å². The van der Waals surface area contributed by atoms with Crippen molar-refractivity contribution in [1.29, 1.82) is 0 Å². The first kappa shape index (κ1) is 73.6. The van der Waals surface area contributed by atoms with Gasteiger partial charge in [0.25, 0.3) is 0 Å². The van der Waals surface area contributed by atoms with E-state index in [1.54, 1.807) is 0 Å². The summed E-state index contributed by atoms with van der Waals surface area (Å²) in [6.45, 7) is 6.41. The summed E-state index contributed by atoms with van der Waals surface area (Å²) in [6, 6.07) is 0. The number of unbranched alkanes of at least 4 members (excludes halogenated alkanes) is 35. The van der Waals surface area contributed by atoms with Gasteiger partial charge in [-0.3, -0.25) is 14.4 Å². The van der Waals surface area contributed by atoms with Gasteiger partial charge in [-0.15, -0.1) is 0 Å². The van der Waals surface area contributed by atoms with Crippen molar-refractivity contribution in [2.75, 3.05) is 13.2 Å². The molecule has 0 aromatic carbocycles. The molecule has 1 atom stereocenters. The Balaban J connectivity index is 4.11. The molecule has 0 aliphatic carbocycles. The molecular formula is C71H124O6. The Morgan fingerprint density at radius 2 is 0.558 bits per heavy atom. The lowest BCUT2D eigenvalue weighted by Crippen LogP contribution is -2.30. The minimum absolute atomic E-state index is 0.108. The fourth-order valence-electron chi connectivity index (χ4n) is 9.43. The summed E-state index contributed by atoms with van der Waals surface area (Å²) in [6.07, 6.45) is 86.5. The molecule has 0 heterocycles. The molecule has 444 valence electrons. The highest BCUT2D eigenvalue weighted by atomic mass is 16.6. The highest BCUT2D eigenvalue weighted by molar-refractivity contribution is 5.71. The zero-order valence-corrected chi connectivity index (χ0v) is 51.0. The van der Waals surface area contributed by atoms with Crippen LogP contribution in [0.5, 0.6) is 0 Å². The largest absolute Gasteiger partial charge is 0.462 e. The smallest absolute Gasteiger partial charge is 0.306 e. The zero-order chi connectivity index (χ0) is 55.7. The topological polar surface area (TPSA) is 78.9 Å². The van der Waals surface area contributed by atoms with Crippen LogP contribution in [0.4, 0.5) is 0 Å². The maximum Gasteiger partial charge on any atom is 0.306 e. The Bertz CT molecular complexity index is 1470. The number of carbonyl (C=O) groups is 3. The minimum Gasteiger partial charge on any atom is -0.462 e. The molecule has 0 aromatic rings. The van der Waals surface area contributed by atoms with Gasteiger partial charge in [-0.25, -0.2) is 0 Å². The second-order valence-electron chi connectivity index (χ2n) is 22.0. The summed E-state index contributed by atoms with van der Waals surface area (Å²) < 4.78 is 16.8. The molecule has 0 N–H and O–H groups in total. The number of rotatable bonds is 60. The van der Waals surface area contributed by atoms with E-state index in [0.29, 0.717) is 19.3 Å². The fraction of sp³-hybridized carbons (Fsp3) is 0.761. The molecule has 0 saturated carbocycles. The third-order valence-corrected chi connectivity index (χ3v) is 14.3. The number of ether oxygens (including phenoxy) is 3. The van der Waals surface area contributed by atoms with Crippen LogP contribution in [0.3, 0.4) is 0 Å². The predicted molar refractivity (Wildman–Crippen MR) is 334 cm³/mol. The van der Waals surface area contributed by atoms with Gasteiger partial charge >= 0.3 is 17.9 Å². The number of hydrogen-bond acceptors (Lipinski definition) is 6. The van der Waals surface area contributed by atoms with E-state index in [4.69, 9.17) is 14.2 Å². The van der Waals surface area contributed by atoms with Gasteiger partial charge in [-0.2, -0.15) is 0 Å². The molecule has 0 aliphatic heterocycles. The van der Waals surface area contributed by atoms with Crippen LogP contribution in [-0.2, 0) is 28.6 Å². The van der Waals surface area contributed by atoms with Gasteiger partial charge in [0, 0.05) is 19.3 Å². The lowest BCUT2D eigenvalue weighted by atomic mass is 10.0. The van der Waals surface area contributed by atoms with E-state index >= 15 is 0 Å². The average molecular weight is 1070 g/mol. The fourth-order valence-corrected chi connectivity index (χ4v) is 9.43. The molecule has 6 nitrogen and oxygen atoms in total. The van der Waals surface area contributed by atoms with Crippen LogP contribution < -0.4 is 0 Å². The summed E-state index contributed by atoms with van der Waals surface area (Å²) in [7, 11) is 0. The second kappa shape index (κ2) is 65.1. The summed E-state index contributed by atoms with van der Waals surface area (Å²) >= 11 is 0. The first-order chi connectivity index (χ1) is 38.0. The molecule has 77 heavy (non-hydrogen) atoms. The van der Waals surface area contributed by atoms with Crippen molar-refractivity contribution >= 4 is 17.9 Å². The Morgan fingerprint density at radius 3 is 0.909 bits per heavy atom. The first-order valence-corrected chi connectivity index (χ1v) is 33.1. The monoisotopic (exact) mass is 1070 g/mol. The van der Waals surface area contributed by atoms with E-state index in [0.717, 1.165) is 96.3 Å². The van der Waals surface area contributed by atoms with E-state index in [1.807, 2.05) is 6.08 Å². The normalized spacial score (nSPS) is 12.6. The van der Waals surface area contributed by atoms with Gasteiger partial charge in [0.1, 0.15) is 13.2 Å². The van der Waals surface area contributed by atoms with Crippen LogP contribution in [-0.4, -0.2) is 37.2 Å². The lowest BCUT2D eigenvalue weighted by molar-refractivity contribution is -0.166. The number of carbonyl (C=O) groups excluding carboxylic acids is 3. The molecule has 0 aromatic heterocycles. The molecule has 1 unspecified atom stereocenters. The highest BCUT2D eigenvalue weighted by Crippen LogP contribution is 2.17. The Labute approximate surface area is 477 Å². The van der Waals surface area contributed by atoms with Crippen LogP contribution in [0, 0.1) is 0 Å². The quantitative estimate of drug-likeness (QED) is 0.0261. The SMILES string of the molecule is CC/C=C\C/C=C\C/C=C\C/C=C\CCC(=O)OC(COC(=O)CCCCCCC/C=C\C/C=C\CCC)COC(=O)CCCCCCCCCCCCCCCCCCCCCCC/C=C\CCCCCCCCCC. The molecule has 0 spiro atoms. The highest BCUT2D eigenvalue weighted by Gasteiger charge is 2.19. The van der Waals surface area contributed by atoms with Crippen LogP contribution in [0.15, 0.2) is 85.1 Å². The minimum atomic E-state index is -0.820. The van der Waals surface area contributed by atoms with Gasteiger partial charge in [0.2, 0.25) is 0 Å². The number of esters is 3. The number of hydrogen-bond donors (Lipinski definition) is 0. The Morgan fingerprint density at radius 1 is 0.273 bits per heavy atom.